The van der Waals surface area contributed by atoms with E-state index in [9.17, 15) is 14.0 Å². The molecule has 0 bridgehead atoms. The number of benzene rings is 1. The molecule has 1 aromatic carbocycles. The Morgan fingerprint density at radius 2 is 2.00 bits per heavy atom. The first-order valence-corrected chi connectivity index (χ1v) is 8.07. The van der Waals surface area contributed by atoms with Crippen LogP contribution >= 0.6 is 0 Å². The number of likely N-dealkylation sites (N-methyl/N-ethyl adjacent to an activating group) is 1. The third kappa shape index (κ3) is 3.93. The summed E-state index contributed by atoms with van der Waals surface area (Å²) in [6.07, 6.45) is 0.831. The number of carbonyl (C=O) groups is 2. The SMILES string of the molecule is COCCC(C)(C)C(=O)N[C@@H]1CC(=O)N(C)[C@@H]1c1ccc(F)cc1. The predicted molar refractivity (Wildman–Crippen MR) is 88.7 cm³/mol. The average Bonchev–Trinajstić information content (AvgIpc) is 2.81. The standard InChI is InChI=1S/C18H25FN2O3/c1-18(2,9-10-24-4)17(23)20-14-11-15(22)21(3)16(14)12-5-7-13(19)8-6-12/h5-8,14,16H,9-11H2,1-4H3,(H,20,23)/t14-,16-/m1/s1. The summed E-state index contributed by atoms with van der Waals surface area (Å²) in [6, 6.07) is 5.43. The summed E-state index contributed by atoms with van der Waals surface area (Å²) in [7, 11) is 3.31. The topological polar surface area (TPSA) is 58.6 Å². The van der Waals surface area contributed by atoms with Crippen molar-refractivity contribution in [3.05, 3.63) is 35.6 Å². The Balaban J connectivity index is 2.16. The number of nitrogens with zero attached hydrogens (tertiary/aromatic N) is 1. The fraction of sp³-hybridized carbons (Fsp3) is 0.556. The van der Waals surface area contributed by atoms with Crippen molar-refractivity contribution in [2.75, 3.05) is 20.8 Å². The molecule has 0 spiro atoms. The van der Waals surface area contributed by atoms with Crippen molar-refractivity contribution in [3.8, 4) is 0 Å². The zero-order chi connectivity index (χ0) is 17.9. The maximum absolute atomic E-state index is 13.2. The van der Waals surface area contributed by atoms with Gasteiger partial charge in [0.25, 0.3) is 0 Å². The zero-order valence-corrected chi connectivity index (χ0v) is 14.6. The number of amides is 2. The minimum Gasteiger partial charge on any atom is -0.385 e. The minimum atomic E-state index is -0.590. The third-order valence-corrected chi connectivity index (χ3v) is 4.66. The molecule has 0 aromatic heterocycles. The van der Waals surface area contributed by atoms with E-state index in [1.54, 1.807) is 31.2 Å². The molecule has 0 aliphatic carbocycles. The first-order chi connectivity index (χ1) is 11.3. The molecular weight excluding hydrogens is 311 g/mol. The quantitative estimate of drug-likeness (QED) is 0.867. The van der Waals surface area contributed by atoms with Gasteiger partial charge in [0.1, 0.15) is 5.82 Å². The van der Waals surface area contributed by atoms with Crippen molar-refractivity contribution >= 4 is 11.8 Å². The monoisotopic (exact) mass is 336 g/mol. The average molecular weight is 336 g/mol. The second-order valence-corrected chi connectivity index (χ2v) is 6.91. The molecule has 5 nitrogen and oxygen atoms in total. The highest BCUT2D eigenvalue weighted by atomic mass is 19.1. The number of likely N-dealkylation sites (tertiary alicyclic amines) is 1. The lowest BCUT2D eigenvalue weighted by Crippen LogP contribution is -2.45. The number of nitrogens with one attached hydrogen (secondary N) is 1. The number of carbonyl (C=O) groups excluding carboxylic acids is 2. The molecule has 1 N–H and O–H groups in total. The van der Waals surface area contributed by atoms with E-state index in [4.69, 9.17) is 4.74 Å². The highest BCUT2D eigenvalue weighted by Crippen LogP contribution is 2.33. The van der Waals surface area contributed by atoms with Gasteiger partial charge in [0.15, 0.2) is 0 Å². The second-order valence-electron chi connectivity index (χ2n) is 6.91. The van der Waals surface area contributed by atoms with Crippen LogP contribution in [0.25, 0.3) is 0 Å². The number of halogens is 1. The van der Waals surface area contributed by atoms with E-state index in [1.165, 1.54) is 12.1 Å². The Kier molecular flexibility index (Phi) is 5.59. The van der Waals surface area contributed by atoms with Crippen LogP contribution in [0.5, 0.6) is 0 Å². The van der Waals surface area contributed by atoms with Gasteiger partial charge in [0.05, 0.1) is 12.1 Å². The Bertz CT molecular complexity index is 601. The van der Waals surface area contributed by atoms with Crippen LogP contribution in [-0.4, -0.2) is 43.5 Å². The summed E-state index contributed by atoms with van der Waals surface area (Å²) in [5.41, 5.74) is 0.220. The number of methoxy groups -OCH3 is 1. The largest absolute Gasteiger partial charge is 0.385 e. The van der Waals surface area contributed by atoms with Crippen LogP contribution in [0.1, 0.15) is 38.3 Å². The van der Waals surface area contributed by atoms with Crippen LogP contribution in [0.15, 0.2) is 24.3 Å². The van der Waals surface area contributed by atoms with Gasteiger partial charge in [-0.25, -0.2) is 4.39 Å². The van der Waals surface area contributed by atoms with E-state index in [0.29, 0.717) is 13.0 Å². The molecule has 0 saturated carbocycles. The van der Waals surface area contributed by atoms with E-state index in [0.717, 1.165) is 5.56 Å². The van der Waals surface area contributed by atoms with Crippen LogP contribution in [0.4, 0.5) is 4.39 Å². The number of hydrogen-bond donors (Lipinski definition) is 1. The van der Waals surface area contributed by atoms with Crippen LogP contribution in [0.2, 0.25) is 0 Å². The fourth-order valence-electron chi connectivity index (χ4n) is 2.95. The number of rotatable bonds is 6. The first kappa shape index (κ1) is 18.4. The van der Waals surface area contributed by atoms with Crippen LogP contribution in [-0.2, 0) is 14.3 Å². The van der Waals surface area contributed by atoms with Crippen molar-refractivity contribution in [1.82, 2.24) is 10.2 Å². The van der Waals surface area contributed by atoms with Gasteiger partial charge in [-0.3, -0.25) is 9.59 Å². The lowest BCUT2D eigenvalue weighted by atomic mass is 9.87. The van der Waals surface area contributed by atoms with E-state index in [-0.39, 0.29) is 36.1 Å². The maximum Gasteiger partial charge on any atom is 0.226 e. The maximum atomic E-state index is 13.2. The zero-order valence-electron chi connectivity index (χ0n) is 14.6. The Labute approximate surface area is 142 Å². The van der Waals surface area contributed by atoms with Crippen molar-refractivity contribution in [2.45, 2.75) is 38.8 Å². The van der Waals surface area contributed by atoms with E-state index in [1.807, 2.05) is 13.8 Å². The Hall–Kier alpha value is -1.95. The first-order valence-electron chi connectivity index (χ1n) is 8.07. The fourth-order valence-corrected chi connectivity index (χ4v) is 2.95. The minimum absolute atomic E-state index is 0.0377. The highest BCUT2D eigenvalue weighted by Gasteiger charge is 2.41. The molecule has 2 amide bonds. The molecule has 0 radical (unpaired) electrons. The molecule has 6 heteroatoms. The van der Waals surface area contributed by atoms with Crippen LogP contribution < -0.4 is 5.32 Å². The van der Waals surface area contributed by atoms with E-state index < -0.39 is 5.41 Å². The molecule has 1 aliphatic rings. The molecule has 1 aromatic rings. The van der Waals surface area contributed by atoms with Gasteiger partial charge >= 0.3 is 0 Å². The summed E-state index contributed by atoms with van der Waals surface area (Å²) >= 11 is 0. The van der Waals surface area contributed by atoms with Crippen molar-refractivity contribution in [1.29, 1.82) is 0 Å². The Morgan fingerprint density at radius 1 is 1.38 bits per heavy atom. The lowest BCUT2D eigenvalue weighted by Gasteiger charge is -2.30. The lowest BCUT2D eigenvalue weighted by molar-refractivity contribution is -0.131. The molecular formula is C18H25FN2O3. The molecule has 2 atom stereocenters. The van der Waals surface area contributed by atoms with Crippen molar-refractivity contribution in [3.63, 3.8) is 0 Å². The second kappa shape index (κ2) is 7.30. The molecule has 132 valence electrons. The third-order valence-electron chi connectivity index (χ3n) is 4.66. The summed E-state index contributed by atoms with van der Waals surface area (Å²) in [4.78, 5) is 26.3. The Morgan fingerprint density at radius 3 is 2.58 bits per heavy atom. The van der Waals surface area contributed by atoms with E-state index >= 15 is 0 Å². The molecule has 1 aliphatic heterocycles. The summed E-state index contributed by atoms with van der Waals surface area (Å²) < 4.78 is 18.2. The van der Waals surface area contributed by atoms with Crippen molar-refractivity contribution in [2.24, 2.45) is 5.41 Å². The van der Waals surface area contributed by atoms with E-state index in [2.05, 4.69) is 5.32 Å². The highest BCUT2D eigenvalue weighted by molar-refractivity contribution is 5.85. The summed E-state index contributed by atoms with van der Waals surface area (Å²) in [5, 5.41) is 3.00. The van der Waals surface area contributed by atoms with Crippen LogP contribution in [0, 0.1) is 11.2 Å². The predicted octanol–water partition coefficient (Wildman–Crippen LogP) is 2.28. The van der Waals surface area contributed by atoms with Crippen LogP contribution in [0.3, 0.4) is 0 Å². The van der Waals surface area contributed by atoms with Gasteiger partial charge in [-0.1, -0.05) is 26.0 Å². The summed E-state index contributed by atoms with van der Waals surface area (Å²) in [5.74, 6) is -0.476. The molecule has 1 fully saturated rings. The van der Waals surface area contributed by atoms with Gasteiger partial charge in [-0.15, -0.1) is 0 Å². The van der Waals surface area contributed by atoms with Gasteiger partial charge in [0, 0.05) is 32.6 Å². The molecule has 1 heterocycles. The van der Waals surface area contributed by atoms with Gasteiger partial charge in [0.2, 0.25) is 11.8 Å². The molecule has 0 unspecified atom stereocenters. The van der Waals surface area contributed by atoms with Gasteiger partial charge < -0.3 is 15.0 Å². The van der Waals surface area contributed by atoms with Crippen molar-refractivity contribution < 1.29 is 18.7 Å². The number of ether oxygens (including phenoxy) is 1. The molecule has 2 rings (SSSR count). The smallest absolute Gasteiger partial charge is 0.226 e. The van der Waals surface area contributed by atoms with Gasteiger partial charge in [-0.2, -0.15) is 0 Å². The molecule has 24 heavy (non-hydrogen) atoms. The molecule has 1 saturated heterocycles. The summed E-state index contributed by atoms with van der Waals surface area (Å²) in [6.45, 7) is 4.20. The normalized spacial score (nSPS) is 21.2. The number of hydrogen-bond acceptors (Lipinski definition) is 3. The van der Waals surface area contributed by atoms with Gasteiger partial charge in [-0.05, 0) is 24.1 Å².